The zero-order chi connectivity index (χ0) is 8.39. The Morgan fingerprint density at radius 1 is 1.15 bits per heavy atom. The predicted molar refractivity (Wildman–Crippen MR) is 43.0 cm³/mol. The molecule has 0 spiro atoms. The molecule has 0 saturated heterocycles. The first-order valence-corrected chi connectivity index (χ1v) is 3.62. The molecule has 0 aliphatic carbocycles. The van der Waals surface area contributed by atoms with Crippen molar-refractivity contribution in [2.75, 3.05) is 0 Å². The van der Waals surface area contributed by atoms with Gasteiger partial charge in [-0.1, -0.05) is 12.1 Å². The van der Waals surface area contributed by atoms with Crippen LogP contribution in [0.1, 0.15) is 0 Å². The van der Waals surface area contributed by atoms with Crippen LogP contribution in [-0.4, -0.2) is 9.55 Å². The van der Waals surface area contributed by atoms with Gasteiger partial charge in [-0.15, -0.1) is 5.75 Å². The number of imidazole rings is 1. The van der Waals surface area contributed by atoms with Gasteiger partial charge in [-0.3, -0.25) is 0 Å². The third-order valence-electron chi connectivity index (χ3n) is 1.64. The van der Waals surface area contributed by atoms with Gasteiger partial charge in [0.15, 0.2) is 0 Å². The quantitative estimate of drug-likeness (QED) is 0.476. The fourth-order valence-corrected chi connectivity index (χ4v) is 1.03. The molecule has 2 aromatic rings. The summed E-state index contributed by atoms with van der Waals surface area (Å²) in [6.07, 6.45) is 5.23. The average molecular weight is 182 g/mol. The third kappa shape index (κ3) is 2.34. The van der Waals surface area contributed by atoms with Crippen LogP contribution in [0.4, 0.5) is 0 Å². The molecule has 3 nitrogen and oxygen atoms in total. The van der Waals surface area contributed by atoms with Crippen LogP contribution in [0.25, 0.3) is 5.69 Å². The number of aromatic nitrogens is 2. The molecule has 13 heavy (non-hydrogen) atoms. The minimum absolute atomic E-state index is 0. The van der Waals surface area contributed by atoms with Crippen molar-refractivity contribution < 1.29 is 34.7 Å². The van der Waals surface area contributed by atoms with E-state index < -0.39 is 0 Å². The molecule has 1 aromatic heterocycles. The molecule has 0 atom stereocenters. The maximum atomic E-state index is 10.8. The van der Waals surface area contributed by atoms with Crippen LogP contribution < -0.4 is 34.7 Å². The number of hydrogen-bond donors (Lipinski definition) is 0. The summed E-state index contributed by atoms with van der Waals surface area (Å²) in [5, 5.41) is 10.8. The first-order chi connectivity index (χ1) is 5.86. The van der Waals surface area contributed by atoms with Crippen molar-refractivity contribution >= 4 is 0 Å². The molecule has 0 fully saturated rings. The van der Waals surface area contributed by atoms with Crippen molar-refractivity contribution in [3.63, 3.8) is 0 Å². The van der Waals surface area contributed by atoms with Crippen molar-refractivity contribution in [1.82, 2.24) is 9.55 Å². The van der Waals surface area contributed by atoms with E-state index in [9.17, 15) is 5.11 Å². The molecule has 0 N–H and O–H groups in total. The predicted octanol–water partition coefficient (Wildman–Crippen LogP) is -2.05. The van der Waals surface area contributed by atoms with Crippen LogP contribution in [-0.2, 0) is 0 Å². The van der Waals surface area contributed by atoms with Crippen LogP contribution in [0.5, 0.6) is 5.75 Å². The van der Waals surface area contributed by atoms with Crippen molar-refractivity contribution in [1.29, 1.82) is 0 Å². The summed E-state index contributed by atoms with van der Waals surface area (Å²) in [5.41, 5.74) is 0.951. The summed E-state index contributed by atoms with van der Waals surface area (Å²) in [6, 6.07) is 6.61. The van der Waals surface area contributed by atoms with Gasteiger partial charge in [0, 0.05) is 18.1 Å². The summed E-state index contributed by atoms with van der Waals surface area (Å²) in [6.45, 7) is 0. The molecule has 0 amide bonds. The topological polar surface area (TPSA) is 40.9 Å². The Bertz CT molecular complexity index is 356. The van der Waals surface area contributed by atoms with Crippen LogP contribution in [0, 0.1) is 0 Å². The molecular formula is C9H7N2NaO. The second-order valence-corrected chi connectivity index (χ2v) is 2.46. The number of rotatable bonds is 1. The number of nitrogens with zero attached hydrogens (tertiary/aromatic N) is 2. The van der Waals surface area contributed by atoms with Gasteiger partial charge in [-0.05, 0) is 12.1 Å². The zero-order valence-electron chi connectivity index (χ0n) is 7.34. The smallest absolute Gasteiger partial charge is 0.872 e. The summed E-state index contributed by atoms with van der Waals surface area (Å²) in [7, 11) is 0. The second kappa shape index (κ2) is 4.46. The summed E-state index contributed by atoms with van der Waals surface area (Å²) >= 11 is 0. The molecule has 0 radical (unpaired) electrons. The average Bonchev–Trinajstić information content (AvgIpc) is 2.58. The standard InChI is InChI=1S/C9H8N2O.Na/c12-9-3-1-8(2-4-9)11-6-5-10-7-11;/h1-7,12H;/q;+1/p-1. The van der Waals surface area contributed by atoms with Crippen molar-refractivity contribution in [3.05, 3.63) is 43.0 Å². The molecule has 1 aromatic carbocycles. The maximum absolute atomic E-state index is 10.8. The van der Waals surface area contributed by atoms with Gasteiger partial charge >= 0.3 is 29.6 Å². The fraction of sp³-hybridized carbons (Fsp3) is 0. The van der Waals surface area contributed by atoms with Gasteiger partial charge in [-0.2, -0.15) is 0 Å². The molecule has 0 aliphatic rings. The van der Waals surface area contributed by atoms with Gasteiger partial charge in [0.2, 0.25) is 0 Å². The Hall–Kier alpha value is -0.770. The molecule has 0 aliphatic heterocycles. The van der Waals surface area contributed by atoms with Crippen molar-refractivity contribution in [2.45, 2.75) is 0 Å². The van der Waals surface area contributed by atoms with Crippen LogP contribution >= 0.6 is 0 Å². The Labute approximate surface area is 98.3 Å². The number of hydrogen-bond acceptors (Lipinski definition) is 2. The first kappa shape index (κ1) is 10.3. The Morgan fingerprint density at radius 3 is 2.38 bits per heavy atom. The largest absolute Gasteiger partial charge is 1.00 e. The summed E-state index contributed by atoms with van der Waals surface area (Å²) in [5.74, 6) is 0.0267. The van der Waals surface area contributed by atoms with E-state index in [0.29, 0.717) is 0 Å². The van der Waals surface area contributed by atoms with Gasteiger partial charge in [0.05, 0.1) is 6.33 Å². The van der Waals surface area contributed by atoms with Crippen LogP contribution in [0.3, 0.4) is 0 Å². The molecule has 1 heterocycles. The van der Waals surface area contributed by atoms with E-state index in [0.717, 1.165) is 5.69 Å². The van der Waals surface area contributed by atoms with Gasteiger partial charge in [-0.25, -0.2) is 4.98 Å². The van der Waals surface area contributed by atoms with E-state index in [1.807, 2.05) is 10.8 Å². The molecule has 2 rings (SSSR count). The van der Waals surface area contributed by atoms with E-state index in [-0.39, 0.29) is 35.3 Å². The van der Waals surface area contributed by atoms with E-state index >= 15 is 0 Å². The Morgan fingerprint density at radius 2 is 1.85 bits per heavy atom. The molecular weight excluding hydrogens is 175 g/mol. The summed E-state index contributed by atoms with van der Waals surface area (Å²) < 4.78 is 1.85. The number of benzene rings is 1. The zero-order valence-corrected chi connectivity index (χ0v) is 9.34. The molecule has 4 heteroatoms. The van der Waals surface area contributed by atoms with Crippen molar-refractivity contribution in [3.8, 4) is 11.4 Å². The van der Waals surface area contributed by atoms with Gasteiger partial charge in [0.25, 0.3) is 0 Å². The molecule has 0 saturated carbocycles. The molecule has 0 bridgehead atoms. The maximum Gasteiger partial charge on any atom is 1.00 e. The van der Waals surface area contributed by atoms with Gasteiger partial charge < -0.3 is 9.67 Å². The monoisotopic (exact) mass is 182 g/mol. The normalized spacial score (nSPS) is 9.23. The van der Waals surface area contributed by atoms with Crippen LogP contribution in [0.15, 0.2) is 43.0 Å². The molecule has 0 unspecified atom stereocenters. The van der Waals surface area contributed by atoms with E-state index in [1.54, 1.807) is 24.7 Å². The summed E-state index contributed by atoms with van der Waals surface area (Å²) in [4.78, 5) is 3.91. The van der Waals surface area contributed by atoms with Crippen LogP contribution in [0.2, 0.25) is 0 Å². The van der Waals surface area contributed by atoms with E-state index in [4.69, 9.17) is 0 Å². The van der Waals surface area contributed by atoms with E-state index in [1.165, 1.54) is 12.1 Å². The SMILES string of the molecule is [Na+].[O-]c1ccc(-n2ccnc2)cc1. The minimum atomic E-state index is 0. The third-order valence-corrected chi connectivity index (χ3v) is 1.64. The second-order valence-electron chi connectivity index (χ2n) is 2.46. The minimum Gasteiger partial charge on any atom is -0.872 e. The van der Waals surface area contributed by atoms with E-state index in [2.05, 4.69) is 4.98 Å². The van der Waals surface area contributed by atoms with Crippen molar-refractivity contribution in [2.24, 2.45) is 0 Å². The fourth-order valence-electron chi connectivity index (χ4n) is 1.03. The molecule has 60 valence electrons. The Kier molecular flexibility index (Phi) is 3.54. The Balaban J connectivity index is 0.000000845. The van der Waals surface area contributed by atoms with Gasteiger partial charge in [0.1, 0.15) is 0 Å². The first-order valence-electron chi connectivity index (χ1n) is 3.62.